The maximum absolute atomic E-state index is 10.9. The van der Waals surface area contributed by atoms with E-state index in [9.17, 15) is 4.79 Å². The second-order valence-corrected chi connectivity index (χ2v) is 4.24. The SMILES string of the molecule is CCOc1cccnc1N1CCCC(C=O)C1. The molecule has 0 amide bonds. The second-order valence-electron chi connectivity index (χ2n) is 4.24. The Balaban J connectivity index is 2.17. The van der Waals surface area contributed by atoms with Crippen LogP contribution in [0, 0.1) is 5.92 Å². The third-order valence-electron chi connectivity index (χ3n) is 3.00. The van der Waals surface area contributed by atoms with Crippen LogP contribution in [0.1, 0.15) is 19.8 Å². The number of piperidine rings is 1. The zero-order valence-corrected chi connectivity index (χ0v) is 10.1. The summed E-state index contributed by atoms with van der Waals surface area (Å²) in [4.78, 5) is 17.4. The molecule has 2 heterocycles. The Morgan fingerprint density at radius 1 is 1.65 bits per heavy atom. The van der Waals surface area contributed by atoms with E-state index < -0.39 is 0 Å². The van der Waals surface area contributed by atoms with Crippen LogP contribution in [-0.2, 0) is 4.79 Å². The third-order valence-corrected chi connectivity index (χ3v) is 3.00. The Kier molecular flexibility index (Phi) is 3.96. The van der Waals surface area contributed by atoms with Gasteiger partial charge in [0.2, 0.25) is 0 Å². The molecule has 0 saturated carbocycles. The van der Waals surface area contributed by atoms with Crippen molar-refractivity contribution < 1.29 is 9.53 Å². The number of pyridine rings is 1. The lowest BCUT2D eigenvalue weighted by Crippen LogP contribution is -2.36. The lowest BCUT2D eigenvalue weighted by Gasteiger charge is -2.31. The van der Waals surface area contributed by atoms with E-state index in [0.717, 1.165) is 43.8 Å². The van der Waals surface area contributed by atoms with Crippen molar-refractivity contribution in [2.45, 2.75) is 19.8 Å². The summed E-state index contributed by atoms with van der Waals surface area (Å²) >= 11 is 0. The molecular weight excluding hydrogens is 216 g/mol. The first-order valence-electron chi connectivity index (χ1n) is 6.13. The molecule has 1 fully saturated rings. The van der Waals surface area contributed by atoms with Crippen LogP contribution >= 0.6 is 0 Å². The maximum Gasteiger partial charge on any atom is 0.171 e. The summed E-state index contributed by atoms with van der Waals surface area (Å²) in [6.45, 7) is 4.28. The van der Waals surface area contributed by atoms with E-state index in [1.807, 2.05) is 19.1 Å². The minimum absolute atomic E-state index is 0.125. The van der Waals surface area contributed by atoms with Crippen LogP contribution in [0.15, 0.2) is 18.3 Å². The Hall–Kier alpha value is -1.58. The zero-order valence-electron chi connectivity index (χ0n) is 10.1. The second kappa shape index (κ2) is 5.66. The van der Waals surface area contributed by atoms with Crippen molar-refractivity contribution in [3.05, 3.63) is 18.3 Å². The smallest absolute Gasteiger partial charge is 0.171 e. The fourth-order valence-electron chi connectivity index (χ4n) is 2.20. The number of hydrogen-bond acceptors (Lipinski definition) is 4. The van der Waals surface area contributed by atoms with Gasteiger partial charge in [-0.1, -0.05) is 0 Å². The number of carbonyl (C=O) groups is 1. The van der Waals surface area contributed by atoms with Gasteiger partial charge in [0, 0.05) is 25.2 Å². The lowest BCUT2D eigenvalue weighted by atomic mass is 10.00. The molecule has 0 bridgehead atoms. The van der Waals surface area contributed by atoms with Crippen LogP contribution in [0.3, 0.4) is 0 Å². The molecule has 17 heavy (non-hydrogen) atoms. The fourth-order valence-corrected chi connectivity index (χ4v) is 2.20. The van der Waals surface area contributed by atoms with Gasteiger partial charge < -0.3 is 14.4 Å². The number of hydrogen-bond donors (Lipinski definition) is 0. The van der Waals surface area contributed by atoms with Crippen molar-refractivity contribution in [2.24, 2.45) is 5.92 Å². The highest BCUT2D eigenvalue weighted by Gasteiger charge is 2.22. The van der Waals surface area contributed by atoms with Gasteiger partial charge in [-0.05, 0) is 31.9 Å². The number of rotatable bonds is 4. The van der Waals surface area contributed by atoms with Crippen LogP contribution < -0.4 is 9.64 Å². The molecule has 1 aliphatic heterocycles. The summed E-state index contributed by atoms with van der Waals surface area (Å²) in [5, 5.41) is 0. The number of carbonyl (C=O) groups excluding carboxylic acids is 1. The van der Waals surface area contributed by atoms with Crippen molar-refractivity contribution in [1.82, 2.24) is 4.98 Å². The van der Waals surface area contributed by atoms with Gasteiger partial charge in [0.25, 0.3) is 0 Å². The van der Waals surface area contributed by atoms with Crippen molar-refractivity contribution in [3.63, 3.8) is 0 Å². The number of aromatic nitrogens is 1. The highest BCUT2D eigenvalue weighted by molar-refractivity contribution is 5.58. The molecule has 1 aromatic rings. The molecule has 0 aromatic carbocycles. The van der Waals surface area contributed by atoms with E-state index in [1.54, 1.807) is 6.20 Å². The van der Waals surface area contributed by atoms with Gasteiger partial charge >= 0.3 is 0 Å². The van der Waals surface area contributed by atoms with Crippen LogP contribution in [0.2, 0.25) is 0 Å². The number of anilines is 1. The zero-order chi connectivity index (χ0) is 12.1. The summed E-state index contributed by atoms with van der Waals surface area (Å²) < 4.78 is 5.57. The molecule has 1 saturated heterocycles. The molecule has 1 unspecified atom stereocenters. The first kappa shape index (κ1) is 11.9. The molecular formula is C13H18N2O2. The Bertz CT molecular complexity index is 381. The summed E-state index contributed by atoms with van der Waals surface area (Å²) in [5.74, 6) is 1.79. The van der Waals surface area contributed by atoms with E-state index in [1.165, 1.54) is 0 Å². The molecule has 92 valence electrons. The Morgan fingerprint density at radius 2 is 2.53 bits per heavy atom. The van der Waals surface area contributed by atoms with Gasteiger partial charge in [0.15, 0.2) is 11.6 Å². The van der Waals surface area contributed by atoms with Crippen molar-refractivity contribution >= 4 is 12.1 Å². The standard InChI is InChI=1S/C13H18N2O2/c1-2-17-12-6-3-7-14-13(12)15-8-4-5-11(9-15)10-16/h3,6-7,10-11H,2,4-5,8-9H2,1H3. The van der Waals surface area contributed by atoms with Crippen molar-refractivity contribution in [3.8, 4) is 5.75 Å². The minimum Gasteiger partial charge on any atom is -0.490 e. The van der Waals surface area contributed by atoms with Crippen LogP contribution in [0.25, 0.3) is 0 Å². The topological polar surface area (TPSA) is 42.4 Å². The van der Waals surface area contributed by atoms with Crippen molar-refractivity contribution in [1.29, 1.82) is 0 Å². The average Bonchev–Trinajstić information content (AvgIpc) is 2.40. The van der Waals surface area contributed by atoms with Gasteiger partial charge in [-0.25, -0.2) is 4.98 Å². The molecule has 1 aromatic heterocycles. The van der Waals surface area contributed by atoms with E-state index in [4.69, 9.17) is 4.74 Å². The number of nitrogens with zero attached hydrogens (tertiary/aromatic N) is 2. The summed E-state index contributed by atoms with van der Waals surface area (Å²) in [6, 6.07) is 3.80. The van der Waals surface area contributed by atoms with Gasteiger partial charge in [0.1, 0.15) is 6.29 Å². The van der Waals surface area contributed by atoms with Gasteiger partial charge in [0.05, 0.1) is 6.61 Å². The molecule has 1 aliphatic rings. The van der Waals surface area contributed by atoms with E-state index >= 15 is 0 Å². The molecule has 0 radical (unpaired) electrons. The first-order chi connectivity index (χ1) is 8.35. The van der Waals surface area contributed by atoms with Gasteiger partial charge in [-0.2, -0.15) is 0 Å². The fraction of sp³-hybridized carbons (Fsp3) is 0.538. The molecule has 0 N–H and O–H groups in total. The highest BCUT2D eigenvalue weighted by Crippen LogP contribution is 2.28. The predicted molar refractivity (Wildman–Crippen MR) is 66.4 cm³/mol. The first-order valence-corrected chi connectivity index (χ1v) is 6.13. The number of aldehydes is 1. The average molecular weight is 234 g/mol. The van der Waals surface area contributed by atoms with E-state index in [0.29, 0.717) is 6.61 Å². The molecule has 2 rings (SSSR count). The van der Waals surface area contributed by atoms with Crippen LogP contribution in [0.4, 0.5) is 5.82 Å². The van der Waals surface area contributed by atoms with Gasteiger partial charge in [-0.3, -0.25) is 0 Å². The lowest BCUT2D eigenvalue weighted by molar-refractivity contribution is -0.111. The third kappa shape index (κ3) is 2.75. The maximum atomic E-state index is 10.9. The highest BCUT2D eigenvalue weighted by atomic mass is 16.5. The monoisotopic (exact) mass is 234 g/mol. The van der Waals surface area contributed by atoms with E-state index in [-0.39, 0.29) is 5.92 Å². The molecule has 4 nitrogen and oxygen atoms in total. The molecule has 1 atom stereocenters. The Labute approximate surface area is 102 Å². The summed E-state index contributed by atoms with van der Waals surface area (Å²) in [7, 11) is 0. The number of ether oxygens (including phenoxy) is 1. The molecule has 0 spiro atoms. The minimum atomic E-state index is 0.125. The van der Waals surface area contributed by atoms with Crippen molar-refractivity contribution in [2.75, 3.05) is 24.6 Å². The van der Waals surface area contributed by atoms with Crippen LogP contribution in [-0.4, -0.2) is 31.0 Å². The van der Waals surface area contributed by atoms with Crippen LogP contribution in [0.5, 0.6) is 5.75 Å². The predicted octanol–water partition coefficient (Wildman–Crippen LogP) is 1.90. The quantitative estimate of drug-likeness (QED) is 0.746. The normalized spacial score (nSPS) is 20.1. The molecule has 4 heteroatoms. The Morgan fingerprint density at radius 3 is 3.29 bits per heavy atom. The van der Waals surface area contributed by atoms with Gasteiger partial charge in [-0.15, -0.1) is 0 Å². The van der Waals surface area contributed by atoms with E-state index in [2.05, 4.69) is 9.88 Å². The molecule has 0 aliphatic carbocycles. The summed E-state index contributed by atoms with van der Waals surface area (Å²) in [5.41, 5.74) is 0. The summed E-state index contributed by atoms with van der Waals surface area (Å²) in [6.07, 6.45) is 4.83. The largest absolute Gasteiger partial charge is 0.490 e.